The van der Waals surface area contributed by atoms with E-state index in [9.17, 15) is 9.79 Å². The van der Waals surface area contributed by atoms with Crippen LogP contribution in [0.25, 0.3) is 0 Å². The lowest BCUT2D eigenvalue weighted by atomic mass is 9.94. The lowest BCUT2D eigenvalue weighted by Crippen LogP contribution is -2.34. The summed E-state index contributed by atoms with van der Waals surface area (Å²) >= 11 is 11.2. The third kappa shape index (κ3) is 13.6. The molecule has 3 rings (SSSR count). The molecule has 20 heteroatoms. The maximum absolute atomic E-state index is 10.7. The maximum atomic E-state index is 10.7. The molecule has 1 aliphatic rings. The normalized spacial score (nSPS) is 17.3. The van der Waals surface area contributed by atoms with E-state index in [2.05, 4.69) is 22.7 Å². The lowest BCUT2D eigenvalue weighted by molar-refractivity contribution is 0.121. The molecule has 3 N–H and O–H groups in total. The zero-order valence-electron chi connectivity index (χ0n) is 28.7. The van der Waals surface area contributed by atoms with Crippen LogP contribution in [0, 0.1) is 5.92 Å². The highest BCUT2D eigenvalue weighted by Gasteiger charge is 2.47. The number of hydrogen-bond acceptors (Lipinski definition) is 14. The van der Waals surface area contributed by atoms with Crippen LogP contribution < -0.4 is 19.4 Å². The van der Waals surface area contributed by atoms with Gasteiger partial charge in [-0.25, -0.2) is 5.43 Å². The topological polar surface area (TPSA) is 139 Å². The van der Waals surface area contributed by atoms with Crippen molar-refractivity contribution < 1.29 is 41.7 Å². The average molecular weight is 798 g/mol. The first-order valence-electron chi connectivity index (χ1n) is 15.0. The predicted octanol–water partition coefficient (Wildman–Crippen LogP) is 6.19. The molecule has 0 radical (unpaired) electrons. The Hall–Kier alpha value is -1.41. The number of hydrogen-bond donors (Lipinski definition) is 3. The summed E-state index contributed by atoms with van der Waals surface area (Å²) in [6.07, 6.45) is 8.22. The van der Waals surface area contributed by atoms with Crippen LogP contribution in [0.1, 0.15) is 18.4 Å². The van der Waals surface area contributed by atoms with E-state index in [1.807, 2.05) is 36.1 Å². The van der Waals surface area contributed by atoms with E-state index >= 15 is 0 Å². The Morgan fingerprint density at radius 2 is 1.35 bits per heavy atom. The summed E-state index contributed by atoms with van der Waals surface area (Å²) in [5.74, 6) is 1.63. The Bertz CT molecular complexity index is 1390. The summed E-state index contributed by atoms with van der Waals surface area (Å²) in [7, 11) is 1.54. The van der Waals surface area contributed by atoms with Crippen LogP contribution in [0.15, 0.2) is 65.8 Å². The summed E-state index contributed by atoms with van der Waals surface area (Å²) in [5.41, 5.74) is 4.86. The van der Waals surface area contributed by atoms with Gasteiger partial charge >= 0.3 is 30.0 Å². The summed E-state index contributed by atoms with van der Waals surface area (Å²) in [6, 6.07) is 14.5. The Labute approximate surface area is 302 Å². The molecule has 0 amide bonds. The van der Waals surface area contributed by atoms with Gasteiger partial charge in [0.05, 0.1) is 54.9 Å². The molecule has 2 aromatic rings. The molecular formula is C29H47N5O9P4S2+4. The van der Waals surface area contributed by atoms with E-state index in [4.69, 9.17) is 55.5 Å². The summed E-state index contributed by atoms with van der Waals surface area (Å²) in [5, 5.41) is 4.46. The van der Waals surface area contributed by atoms with Crippen molar-refractivity contribution in [2.75, 3.05) is 73.7 Å². The third-order valence-corrected chi connectivity index (χ3v) is 15.0. The van der Waals surface area contributed by atoms with E-state index in [1.54, 1.807) is 54.3 Å². The van der Waals surface area contributed by atoms with Crippen molar-refractivity contribution in [3.05, 3.63) is 66.2 Å². The number of ether oxygens (including phenoxy) is 1. The summed E-state index contributed by atoms with van der Waals surface area (Å²) in [6.45, 7) is 0.788. The quantitative estimate of drug-likeness (QED) is 0.0572. The smallest absolute Gasteiger partial charge is 0.377 e. The zero-order valence-corrected chi connectivity index (χ0v) is 33.9. The van der Waals surface area contributed by atoms with Crippen molar-refractivity contribution in [2.24, 2.45) is 11.0 Å². The number of nitrogens with one attached hydrogen (secondary N) is 1. The average Bonchev–Trinajstić information content (AvgIpc) is 3.13. The number of anilines is 1. The molecular weight excluding hydrogens is 750 g/mol. The minimum Gasteiger partial charge on any atom is -0.377 e. The first kappa shape index (κ1) is 42.0. The monoisotopic (exact) mass is 797 g/mol. The number of methoxy groups -OCH3 is 1. The number of hydrazine groups is 1. The number of rotatable bonds is 21. The molecule has 0 spiro atoms. The third-order valence-electron chi connectivity index (χ3n) is 7.45. The van der Waals surface area contributed by atoms with Gasteiger partial charge < -0.3 is 4.74 Å². The molecule has 4 unspecified atom stereocenters. The van der Waals surface area contributed by atoms with Gasteiger partial charge in [0.2, 0.25) is 36.2 Å². The highest BCUT2D eigenvalue weighted by Crippen LogP contribution is 2.60. The molecule has 0 aromatic heterocycles. The van der Waals surface area contributed by atoms with E-state index in [1.165, 1.54) is 28.4 Å². The second kappa shape index (κ2) is 20.6. The largest absolute Gasteiger partial charge is 0.540 e. The van der Waals surface area contributed by atoms with Crippen molar-refractivity contribution in [2.45, 2.75) is 18.9 Å². The van der Waals surface area contributed by atoms with Gasteiger partial charge in [0.1, 0.15) is 0 Å². The Kier molecular flexibility index (Phi) is 17.6. The van der Waals surface area contributed by atoms with Crippen molar-refractivity contribution >= 4 is 65.6 Å². The number of nitrogens with zero attached hydrogens (tertiary/aromatic N) is 4. The van der Waals surface area contributed by atoms with Crippen LogP contribution in [0.2, 0.25) is 0 Å². The first-order valence-corrected chi connectivity index (χ1v) is 23.0. The van der Waals surface area contributed by atoms with Crippen LogP contribution in [0.3, 0.4) is 0 Å². The molecule has 0 saturated heterocycles. The fraction of sp³-hybridized carbons (Fsp3) is 0.483. The van der Waals surface area contributed by atoms with Gasteiger partial charge in [0.15, 0.2) is 11.5 Å². The molecule has 1 aliphatic carbocycles. The standard InChI is InChI=1S/C29H47N5O9P4S2/c1-32(30-20-24-8-14-27(37-3)15-9-24)44(48)42-28-16-10-25(11-17-28)21-31-33(2)45(49)43-29-18-12-26(13-19-29)34(22-46(35,38-4)39-5)23-47(36,40-6)41-7/h8,10-14,16-19,21,24,27,30,35-36H,9,15,20,22-23H2,1-7H3/q+4/b31-21+. The number of hydrazone groups is 1. The molecule has 270 valence electrons. The second-order valence-corrected chi connectivity index (χ2v) is 19.6. The van der Waals surface area contributed by atoms with Crippen LogP contribution in [0.4, 0.5) is 5.69 Å². The van der Waals surface area contributed by atoms with Gasteiger partial charge in [-0.15, -0.1) is 5.10 Å². The Balaban J connectivity index is 1.52. The SMILES string of the molecule is COC1C=CC(CNN(C)[P+](=S)Oc2ccc(/C=N/N(C)[P+](=S)Oc3ccc(N(C[P+](O)(OC)OC)C[P+](O)(OC)OC)cc3)cc2)CC1. The molecule has 0 saturated carbocycles. The first-order chi connectivity index (χ1) is 23.4. The van der Waals surface area contributed by atoms with E-state index in [0.717, 1.165) is 24.9 Å². The van der Waals surface area contributed by atoms with Crippen molar-refractivity contribution in [3.8, 4) is 11.5 Å². The molecule has 0 aliphatic heterocycles. The van der Waals surface area contributed by atoms with Crippen LogP contribution >= 0.6 is 30.0 Å². The van der Waals surface area contributed by atoms with E-state index in [0.29, 0.717) is 23.1 Å². The Morgan fingerprint density at radius 3 is 1.84 bits per heavy atom. The van der Waals surface area contributed by atoms with Gasteiger partial charge in [-0.05, 0) is 77.6 Å². The molecule has 14 nitrogen and oxygen atoms in total. The molecule has 2 aromatic carbocycles. The minimum atomic E-state index is -3.23. The van der Waals surface area contributed by atoms with Gasteiger partial charge in [-0.1, -0.05) is 16.9 Å². The molecule has 0 heterocycles. The highest BCUT2D eigenvalue weighted by atomic mass is 32.4. The van der Waals surface area contributed by atoms with Crippen molar-refractivity contribution in [1.82, 2.24) is 15.0 Å². The molecule has 0 fully saturated rings. The molecule has 49 heavy (non-hydrogen) atoms. The highest BCUT2D eigenvalue weighted by molar-refractivity contribution is 8.02. The summed E-state index contributed by atoms with van der Waals surface area (Å²) < 4.78 is 41.7. The van der Waals surface area contributed by atoms with Crippen LogP contribution in [-0.2, 0) is 46.4 Å². The molecule has 0 bridgehead atoms. The maximum Gasteiger partial charge on any atom is 0.540 e. The zero-order chi connectivity index (χ0) is 36.0. The van der Waals surface area contributed by atoms with Crippen LogP contribution in [0.5, 0.6) is 11.5 Å². The van der Waals surface area contributed by atoms with Gasteiger partial charge in [-0.3, -0.25) is 13.9 Å². The van der Waals surface area contributed by atoms with Gasteiger partial charge in [0, 0.05) is 19.3 Å². The number of benzene rings is 2. The van der Waals surface area contributed by atoms with E-state index in [-0.39, 0.29) is 18.7 Å². The lowest BCUT2D eigenvalue weighted by Gasteiger charge is -2.27. The second-order valence-electron chi connectivity index (χ2n) is 10.7. The minimum absolute atomic E-state index is 0.0365. The predicted molar refractivity (Wildman–Crippen MR) is 205 cm³/mol. The van der Waals surface area contributed by atoms with Gasteiger partial charge in [0.25, 0.3) is 0 Å². The van der Waals surface area contributed by atoms with Crippen LogP contribution in [-0.4, -0.2) is 100 Å². The van der Waals surface area contributed by atoms with Crippen molar-refractivity contribution in [3.63, 3.8) is 0 Å². The van der Waals surface area contributed by atoms with Crippen molar-refractivity contribution in [1.29, 1.82) is 0 Å². The fourth-order valence-electron chi connectivity index (χ4n) is 4.37. The van der Waals surface area contributed by atoms with E-state index < -0.39 is 30.0 Å². The fourth-order valence-corrected chi connectivity index (χ4v) is 8.67. The Morgan fingerprint density at radius 1 is 0.816 bits per heavy atom. The van der Waals surface area contributed by atoms with Gasteiger partial charge in [-0.2, -0.15) is 27.9 Å². The summed E-state index contributed by atoms with van der Waals surface area (Å²) in [4.78, 5) is 23.1. The molecule has 4 atom stereocenters.